The molecule has 2 atom stereocenters. The van der Waals surface area contributed by atoms with Gasteiger partial charge in [0.05, 0.1) is 5.02 Å². The van der Waals surface area contributed by atoms with Crippen LogP contribution in [0.5, 0.6) is 5.75 Å². The Balaban J connectivity index is 2.37. The van der Waals surface area contributed by atoms with E-state index >= 15 is 0 Å². The number of rotatable bonds is 5. The van der Waals surface area contributed by atoms with Crippen molar-refractivity contribution in [3.63, 3.8) is 0 Å². The predicted octanol–water partition coefficient (Wildman–Crippen LogP) is 2.25. The fourth-order valence-electron chi connectivity index (χ4n) is 3.11. The third kappa shape index (κ3) is 4.16. The fraction of sp³-hybridized carbons (Fsp3) is 0.588. The summed E-state index contributed by atoms with van der Waals surface area (Å²) in [7, 11) is 0. The van der Waals surface area contributed by atoms with Gasteiger partial charge in [0.15, 0.2) is 0 Å². The van der Waals surface area contributed by atoms with Crippen molar-refractivity contribution >= 4 is 17.5 Å². The van der Waals surface area contributed by atoms with Crippen LogP contribution in [-0.4, -0.2) is 59.6 Å². The van der Waals surface area contributed by atoms with Crippen LogP contribution in [0, 0.1) is 0 Å². The molecule has 1 aliphatic heterocycles. The second-order valence-corrected chi connectivity index (χ2v) is 6.38. The number of nitrogens with one attached hydrogen (secondary N) is 1. The molecule has 1 fully saturated rings. The van der Waals surface area contributed by atoms with Gasteiger partial charge in [0.2, 0.25) is 5.91 Å². The highest BCUT2D eigenvalue weighted by Gasteiger charge is 2.33. The van der Waals surface area contributed by atoms with Gasteiger partial charge in [-0.2, -0.15) is 0 Å². The van der Waals surface area contributed by atoms with Gasteiger partial charge in [0.1, 0.15) is 11.8 Å². The number of aromatic hydroxyl groups is 1. The molecule has 0 saturated carbocycles. The third-order valence-corrected chi connectivity index (χ3v) is 4.66. The minimum Gasteiger partial charge on any atom is -0.506 e. The van der Waals surface area contributed by atoms with Crippen LogP contribution in [-0.2, 0) is 4.79 Å². The number of hydrogen-bond acceptors (Lipinski definition) is 4. The minimum atomic E-state index is -0.363. The van der Waals surface area contributed by atoms with Crippen molar-refractivity contribution in [1.82, 2.24) is 15.1 Å². The standard InChI is InChI=1S/C17H26ClN3O2/c1-4-20(5-2)17(23)16(21-9-8-19-12(3)11-21)13-6-7-15(22)14(18)10-13/h6-7,10,12,16,19,22H,4-5,8-9,11H2,1-3H3. The first-order valence-electron chi connectivity index (χ1n) is 8.22. The first kappa shape index (κ1) is 18.0. The first-order chi connectivity index (χ1) is 11.0. The number of phenolic OH excluding ortho intramolecular Hbond substituents is 1. The Bertz CT molecular complexity index is 549. The maximum absolute atomic E-state index is 13.1. The van der Waals surface area contributed by atoms with E-state index in [2.05, 4.69) is 17.1 Å². The summed E-state index contributed by atoms with van der Waals surface area (Å²) < 4.78 is 0. The Morgan fingerprint density at radius 3 is 2.74 bits per heavy atom. The summed E-state index contributed by atoms with van der Waals surface area (Å²) >= 11 is 6.07. The molecule has 0 bridgehead atoms. The number of nitrogens with zero attached hydrogens (tertiary/aromatic N) is 2. The molecular formula is C17H26ClN3O2. The maximum Gasteiger partial charge on any atom is 0.244 e. The molecule has 0 aromatic heterocycles. The number of carbonyl (C=O) groups is 1. The van der Waals surface area contributed by atoms with Crippen molar-refractivity contribution in [2.45, 2.75) is 32.9 Å². The van der Waals surface area contributed by atoms with Gasteiger partial charge in [-0.15, -0.1) is 0 Å². The number of hydrogen-bond donors (Lipinski definition) is 2. The topological polar surface area (TPSA) is 55.8 Å². The molecule has 1 aromatic carbocycles. The number of carbonyl (C=O) groups excluding carboxylic acids is 1. The summed E-state index contributed by atoms with van der Waals surface area (Å²) in [5.74, 6) is 0.129. The quantitative estimate of drug-likeness (QED) is 0.864. The fourth-order valence-corrected chi connectivity index (χ4v) is 3.30. The van der Waals surface area contributed by atoms with Gasteiger partial charge in [0, 0.05) is 38.8 Å². The Morgan fingerprint density at radius 2 is 2.17 bits per heavy atom. The van der Waals surface area contributed by atoms with Gasteiger partial charge in [-0.3, -0.25) is 9.69 Å². The monoisotopic (exact) mass is 339 g/mol. The Morgan fingerprint density at radius 1 is 1.48 bits per heavy atom. The number of halogens is 1. The van der Waals surface area contributed by atoms with Crippen LogP contribution in [0.25, 0.3) is 0 Å². The number of piperazine rings is 1. The van der Waals surface area contributed by atoms with Crippen molar-refractivity contribution < 1.29 is 9.90 Å². The predicted molar refractivity (Wildman–Crippen MR) is 92.8 cm³/mol. The summed E-state index contributed by atoms with van der Waals surface area (Å²) in [6, 6.07) is 5.03. The average Bonchev–Trinajstić information content (AvgIpc) is 2.52. The largest absolute Gasteiger partial charge is 0.506 e. The molecule has 128 valence electrons. The summed E-state index contributed by atoms with van der Waals surface area (Å²) in [4.78, 5) is 17.1. The second-order valence-electron chi connectivity index (χ2n) is 5.97. The van der Waals surface area contributed by atoms with E-state index in [4.69, 9.17) is 11.6 Å². The zero-order valence-electron chi connectivity index (χ0n) is 14.1. The second kappa shape index (κ2) is 7.99. The average molecular weight is 340 g/mol. The van der Waals surface area contributed by atoms with Crippen LogP contribution < -0.4 is 5.32 Å². The highest BCUT2D eigenvalue weighted by Crippen LogP contribution is 2.31. The van der Waals surface area contributed by atoms with Crippen molar-refractivity contribution in [2.24, 2.45) is 0 Å². The molecule has 0 aliphatic carbocycles. The Labute approximate surface area is 143 Å². The summed E-state index contributed by atoms with van der Waals surface area (Å²) in [6.07, 6.45) is 0. The van der Waals surface area contributed by atoms with Gasteiger partial charge < -0.3 is 15.3 Å². The van der Waals surface area contributed by atoms with E-state index in [1.165, 1.54) is 0 Å². The van der Waals surface area contributed by atoms with Crippen LogP contribution in [0.4, 0.5) is 0 Å². The molecule has 0 radical (unpaired) electrons. The van der Waals surface area contributed by atoms with E-state index in [9.17, 15) is 9.90 Å². The van der Waals surface area contributed by atoms with Crippen LogP contribution in [0.3, 0.4) is 0 Å². The van der Waals surface area contributed by atoms with E-state index in [0.717, 1.165) is 25.2 Å². The van der Waals surface area contributed by atoms with Crippen molar-refractivity contribution in [2.75, 3.05) is 32.7 Å². The molecule has 5 nitrogen and oxygen atoms in total. The minimum absolute atomic E-state index is 0.0399. The molecule has 0 spiro atoms. The lowest BCUT2D eigenvalue weighted by Crippen LogP contribution is -2.53. The Hall–Kier alpha value is -1.30. The number of benzene rings is 1. The smallest absolute Gasteiger partial charge is 0.244 e. The van der Waals surface area contributed by atoms with Crippen LogP contribution >= 0.6 is 11.6 Å². The zero-order chi connectivity index (χ0) is 17.0. The lowest BCUT2D eigenvalue weighted by Gasteiger charge is -2.39. The molecule has 1 amide bonds. The zero-order valence-corrected chi connectivity index (χ0v) is 14.8. The van der Waals surface area contributed by atoms with Gasteiger partial charge in [-0.1, -0.05) is 17.7 Å². The summed E-state index contributed by atoms with van der Waals surface area (Å²) in [6.45, 7) is 9.92. The van der Waals surface area contributed by atoms with E-state index in [0.29, 0.717) is 19.1 Å². The molecule has 1 heterocycles. The highest BCUT2D eigenvalue weighted by atomic mass is 35.5. The molecule has 1 aromatic rings. The maximum atomic E-state index is 13.1. The highest BCUT2D eigenvalue weighted by molar-refractivity contribution is 6.32. The lowest BCUT2D eigenvalue weighted by molar-refractivity contribution is -0.137. The van der Waals surface area contributed by atoms with Gasteiger partial charge in [0.25, 0.3) is 0 Å². The van der Waals surface area contributed by atoms with Crippen LogP contribution in [0.15, 0.2) is 18.2 Å². The van der Waals surface area contributed by atoms with Crippen molar-refractivity contribution in [1.29, 1.82) is 0 Å². The third-order valence-electron chi connectivity index (χ3n) is 4.36. The normalized spacial score (nSPS) is 20.3. The van der Waals surface area contributed by atoms with E-state index in [-0.39, 0.29) is 22.7 Å². The van der Waals surface area contributed by atoms with Crippen molar-refractivity contribution in [3.05, 3.63) is 28.8 Å². The van der Waals surface area contributed by atoms with Crippen LogP contribution in [0.1, 0.15) is 32.4 Å². The van der Waals surface area contributed by atoms with Gasteiger partial charge in [-0.25, -0.2) is 0 Å². The summed E-state index contributed by atoms with van der Waals surface area (Å²) in [5, 5.41) is 13.3. The molecular weight excluding hydrogens is 314 g/mol. The van der Waals surface area contributed by atoms with Gasteiger partial charge in [-0.05, 0) is 38.5 Å². The van der Waals surface area contributed by atoms with Crippen molar-refractivity contribution in [3.8, 4) is 5.75 Å². The van der Waals surface area contributed by atoms with Crippen LogP contribution in [0.2, 0.25) is 5.02 Å². The number of amides is 1. The molecule has 23 heavy (non-hydrogen) atoms. The lowest BCUT2D eigenvalue weighted by atomic mass is 10.0. The van der Waals surface area contributed by atoms with E-state index < -0.39 is 0 Å². The Kier molecular flexibility index (Phi) is 6.27. The first-order valence-corrected chi connectivity index (χ1v) is 8.60. The molecule has 2 unspecified atom stereocenters. The molecule has 2 rings (SSSR count). The molecule has 1 aliphatic rings. The molecule has 6 heteroatoms. The SMILES string of the molecule is CCN(CC)C(=O)C(c1ccc(O)c(Cl)c1)N1CCNC(C)C1. The molecule has 1 saturated heterocycles. The van der Waals surface area contributed by atoms with E-state index in [1.807, 2.05) is 18.7 Å². The number of phenols is 1. The summed E-state index contributed by atoms with van der Waals surface area (Å²) in [5.41, 5.74) is 0.832. The van der Waals surface area contributed by atoms with Gasteiger partial charge >= 0.3 is 0 Å². The van der Waals surface area contributed by atoms with E-state index in [1.54, 1.807) is 18.2 Å². The molecule has 2 N–H and O–H groups in total. The number of likely N-dealkylation sites (N-methyl/N-ethyl adjacent to an activating group) is 1.